The smallest absolute Gasteiger partial charge is 0.420 e. The molecule has 0 aliphatic heterocycles. The van der Waals surface area contributed by atoms with Crippen molar-refractivity contribution in [3.05, 3.63) is 28.8 Å². The molecule has 1 rings (SSSR count). The van der Waals surface area contributed by atoms with Crippen LogP contribution in [0.1, 0.15) is 16.7 Å². The number of nitriles is 2. The van der Waals surface area contributed by atoms with Gasteiger partial charge >= 0.3 is 6.18 Å². The SMILES string of the molecule is COc1cc(C#N)cc(CC#N)c1C(F)(F)F. The molecule has 0 bridgehead atoms. The monoisotopic (exact) mass is 240 g/mol. The first-order valence-corrected chi connectivity index (χ1v) is 4.49. The molecule has 6 heteroatoms. The van der Waals surface area contributed by atoms with Crippen molar-refractivity contribution >= 4 is 0 Å². The predicted octanol–water partition coefficient (Wildman–Crippen LogP) is 2.65. The van der Waals surface area contributed by atoms with Gasteiger partial charge in [-0.2, -0.15) is 23.7 Å². The molecule has 0 aliphatic rings. The lowest BCUT2D eigenvalue weighted by Crippen LogP contribution is -2.11. The van der Waals surface area contributed by atoms with Gasteiger partial charge in [0.1, 0.15) is 11.3 Å². The molecule has 0 N–H and O–H groups in total. The molecule has 17 heavy (non-hydrogen) atoms. The van der Waals surface area contributed by atoms with Gasteiger partial charge in [-0.15, -0.1) is 0 Å². The topological polar surface area (TPSA) is 56.8 Å². The summed E-state index contributed by atoms with van der Waals surface area (Å²) in [5, 5.41) is 17.2. The second kappa shape index (κ2) is 4.75. The van der Waals surface area contributed by atoms with Gasteiger partial charge in [-0.25, -0.2) is 0 Å². The summed E-state index contributed by atoms with van der Waals surface area (Å²) < 4.78 is 43.0. The van der Waals surface area contributed by atoms with E-state index >= 15 is 0 Å². The van der Waals surface area contributed by atoms with Crippen LogP contribution in [0.15, 0.2) is 12.1 Å². The fourth-order valence-electron chi connectivity index (χ4n) is 1.45. The molecule has 0 heterocycles. The molecule has 1 aromatic rings. The van der Waals surface area contributed by atoms with E-state index in [-0.39, 0.29) is 11.1 Å². The number of halogens is 3. The maximum absolute atomic E-state index is 12.8. The Balaban J connectivity index is 3.55. The summed E-state index contributed by atoms with van der Waals surface area (Å²) in [6.45, 7) is 0. The molecule has 0 unspecified atom stereocenters. The van der Waals surface area contributed by atoms with E-state index in [1.807, 2.05) is 0 Å². The predicted molar refractivity (Wildman–Crippen MR) is 52.0 cm³/mol. The van der Waals surface area contributed by atoms with Crippen molar-refractivity contribution in [3.63, 3.8) is 0 Å². The van der Waals surface area contributed by atoms with Crippen LogP contribution in [0, 0.1) is 22.7 Å². The van der Waals surface area contributed by atoms with E-state index in [0.717, 1.165) is 19.2 Å². The highest BCUT2D eigenvalue weighted by molar-refractivity contribution is 5.50. The lowest BCUT2D eigenvalue weighted by atomic mass is 10.0. The van der Waals surface area contributed by atoms with Crippen LogP contribution in [0.4, 0.5) is 13.2 Å². The molecule has 0 spiro atoms. The van der Waals surface area contributed by atoms with Gasteiger partial charge in [-0.05, 0) is 17.7 Å². The molecule has 0 atom stereocenters. The number of alkyl halides is 3. The zero-order valence-electron chi connectivity index (χ0n) is 8.80. The Bertz CT molecular complexity index is 509. The summed E-state index contributed by atoms with van der Waals surface area (Å²) in [6, 6.07) is 5.41. The highest BCUT2D eigenvalue weighted by Gasteiger charge is 2.37. The van der Waals surface area contributed by atoms with E-state index in [1.54, 1.807) is 12.1 Å². The number of methoxy groups -OCH3 is 1. The highest BCUT2D eigenvalue weighted by atomic mass is 19.4. The molecule has 0 radical (unpaired) electrons. The van der Waals surface area contributed by atoms with Gasteiger partial charge in [0.05, 0.1) is 31.2 Å². The number of hydrogen-bond acceptors (Lipinski definition) is 3. The van der Waals surface area contributed by atoms with Crippen molar-refractivity contribution in [2.75, 3.05) is 7.11 Å². The number of benzene rings is 1. The van der Waals surface area contributed by atoms with Crippen molar-refractivity contribution in [3.8, 4) is 17.9 Å². The molecule has 0 aliphatic carbocycles. The van der Waals surface area contributed by atoms with Crippen molar-refractivity contribution < 1.29 is 17.9 Å². The normalized spacial score (nSPS) is 10.5. The van der Waals surface area contributed by atoms with Crippen LogP contribution >= 0.6 is 0 Å². The first-order valence-electron chi connectivity index (χ1n) is 4.49. The van der Waals surface area contributed by atoms with E-state index in [2.05, 4.69) is 4.74 Å². The summed E-state index contributed by atoms with van der Waals surface area (Å²) in [5.41, 5.74) is -1.23. The van der Waals surface area contributed by atoms with E-state index in [4.69, 9.17) is 10.5 Å². The Kier molecular flexibility index (Phi) is 3.59. The summed E-state index contributed by atoms with van der Waals surface area (Å²) in [6.07, 6.45) is -5.05. The number of rotatable bonds is 2. The summed E-state index contributed by atoms with van der Waals surface area (Å²) in [4.78, 5) is 0. The lowest BCUT2D eigenvalue weighted by Gasteiger charge is -2.15. The Hall–Kier alpha value is -2.21. The largest absolute Gasteiger partial charge is 0.496 e. The summed E-state index contributed by atoms with van der Waals surface area (Å²) >= 11 is 0. The zero-order valence-corrected chi connectivity index (χ0v) is 8.80. The van der Waals surface area contributed by atoms with Crippen LogP contribution in [0.2, 0.25) is 0 Å². The van der Waals surface area contributed by atoms with Crippen LogP contribution in [0.25, 0.3) is 0 Å². The molecule has 0 fully saturated rings. The van der Waals surface area contributed by atoms with Crippen LogP contribution < -0.4 is 4.74 Å². The summed E-state index contributed by atoms with van der Waals surface area (Å²) in [5.74, 6) is -0.443. The Morgan fingerprint density at radius 2 is 1.94 bits per heavy atom. The minimum absolute atomic E-state index is 0.0279. The zero-order chi connectivity index (χ0) is 13.1. The van der Waals surface area contributed by atoms with E-state index in [9.17, 15) is 13.2 Å². The van der Waals surface area contributed by atoms with Crippen LogP contribution in [0.3, 0.4) is 0 Å². The van der Waals surface area contributed by atoms with Gasteiger partial charge in [0.15, 0.2) is 0 Å². The third-order valence-electron chi connectivity index (χ3n) is 2.09. The standard InChI is InChI=1S/C11H7F3N2O/c1-17-9-5-7(6-16)4-8(2-3-15)10(9)11(12,13)14/h4-5H,2H2,1H3. The Morgan fingerprint density at radius 1 is 1.29 bits per heavy atom. The first kappa shape index (κ1) is 12.9. The number of ether oxygens (including phenoxy) is 1. The minimum atomic E-state index is -4.62. The average Bonchev–Trinajstić information content (AvgIpc) is 2.26. The van der Waals surface area contributed by atoms with Gasteiger partial charge in [-0.1, -0.05) is 0 Å². The lowest BCUT2D eigenvalue weighted by molar-refractivity contribution is -0.139. The number of hydrogen-bond donors (Lipinski definition) is 0. The first-order chi connectivity index (χ1) is 7.93. The van der Waals surface area contributed by atoms with E-state index in [1.165, 1.54) is 0 Å². The maximum atomic E-state index is 12.8. The molecule has 1 aromatic carbocycles. The average molecular weight is 240 g/mol. The van der Waals surface area contributed by atoms with Crippen LogP contribution in [0.5, 0.6) is 5.75 Å². The van der Waals surface area contributed by atoms with Crippen LogP contribution in [-0.2, 0) is 12.6 Å². The van der Waals surface area contributed by atoms with Gasteiger partial charge in [-0.3, -0.25) is 0 Å². The fraction of sp³-hybridized carbons (Fsp3) is 0.273. The molecule has 0 amide bonds. The molecule has 88 valence electrons. The molecule has 0 saturated carbocycles. The molecule has 0 saturated heterocycles. The molecule has 0 aromatic heterocycles. The molecular weight excluding hydrogens is 233 g/mol. The number of nitrogens with zero attached hydrogens (tertiary/aromatic N) is 2. The van der Waals surface area contributed by atoms with Crippen molar-refractivity contribution in [2.24, 2.45) is 0 Å². The van der Waals surface area contributed by atoms with Crippen LogP contribution in [-0.4, -0.2) is 7.11 Å². The molecule has 3 nitrogen and oxygen atoms in total. The maximum Gasteiger partial charge on any atom is 0.420 e. The third kappa shape index (κ3) is 2.67. The van der Waals surface area contributed by atoms with Gasteiger partial charge in [0.2, 0.25) is 0 Å². The van der Waals surface area contributed by atoms with Gasteiger partial charge < -0.3 is 4.74 Å². The fourth-order valence-corrected chi connectivity index (χ4v) is 1.45. The Morgan fingerprint density at radius 3 is 2.35 bits per heavy atom. The van der Waals surface area contributed by atoms with Crippen molar-refractivity contribution in [1.29, 1.82) is 10.5 Å². The van der Waals surface area contributed by atoms with Gasteiger partial charge in [0, 0.05) is 0 Å². The van der Waals surface area contributed by atoms with Crippen molar-refractivity contribution in [1.82, 2.24) is 0 Å². The Labute approximate surface area is 95.7 Å². The highest BCUT2D eigenvalue weighted by Crippen LogP contribution is 2.39. The van der Waals surface area contributed by atoms with Gasteiger partial charge in [0.25, 0.3) is 0 Å². The minimum Gasteiger partial charge on any atom is -0.496 e. The van der Waals surface area contributed by atoms with Crippen molar-refractivity contribution in [2.45, 2.75) is 12.6 Å². The second-order valence-corrected chi connectivity index (χ2v) is 3.16. The van der Waals surface area contributed by atoms with E-state index in [0.29, 0.717) is 0 Å². The third-order valence-corrected chi connectivity index (χ3v) is 2.09. The second-order valence-electron chi connectivity index (χ2n) is 3.16. The summed E-state index contributed by atoms with van der Waals surface area (Å²) in [7, 11) is 1.09. The quantitative estimate of drug-likeness (QED) is 0.798. The van der Waals surface area contributed by atoms with E-state index < -0.39 is 23.9 Å². The molecular formula is C11H7F3N2O.